The summed E-state index contributed by atoms with van der Waals surface area (Å²) < 4.78 is 44.6. The first-order chi connectivity index (χ1) is 16.6. The Morgan fingerprint density at radius 1 is 1.06 bits per heavy atom. The summed E-state index contributed by atoms with van der Waals surface area (Å²) in [7, 11) is 0. The lowest BCUT2D eigenvalue weighted by Gasteiger charge is -2.22. The molecule has 2 N–H and O–H groups in total. The summed E-state index contributed by atoms with van der Waals surface area (Å²) in [4.78, 5) is 25.1. The fourth-order valence-electron chi connectivity index (χ4n) is 4.59. The van der Waals surface area contributed by atoms with Crippen molar-refractivity contribution in [2.45, 2.75) is 51.4 Å². The van der Waals surface area contributed by atoms with E-state index in [0.29, 0.717) is 10.9 Å². The smallest absolute Gasteiger partial charge is 0.416 e. The average Bonchev–Trinajstić information content (AvgIpc) is 3.34. The maximum Gasteiger partial charge on any atom is 0.416 e. The van der Waals surface area contributed by atoms with Crippen molar-refractivity contribution < 1.29 is 32.6 Å². The van der Waals surface area contributed by atoms with Gasteiger partial charge in [-0.15, -0.1) is 0 Å². The highest BCUT2D eigenvalue weighted by Crippen LogP contribution is 2.33. The summed E-state index contributed by atoms with van der Waals surface area (Å²) in [6.45, 7) is 1.87. The van der Waals surface area contributed by atoms with E-state index in [2.05, 4.69) is 5.32 Å². The Labute approximate surface area is 200 Å². The van der Waals surface area contributed by atoms with E-state index in [1.54, 1.807) is 12.1 Å². The lowest BCUT2D eigenvalue weighted by molar-refractivity contribution is -0.140. The third kappa shape index (κ3) is 5.58. The molecule has 8 heteroatoms. The minimum Gasteiger partial charge on any atom is -0.487 e. The van der Waals surface area contributed by atoms with Crippen LogP contribution >= 0.6 is 0 Å². The number of hydrogen-bond donors (Lipinski definition) is 2. The molecule has 0 spiro atoms. The number of benzene rings is 3. The number of amides is 1. The van der Waals surface area contributed by atoms with Crippen LogP contribution in [0.15, 0.2) is 54.6 Å². The molecule has 0 radical (unpaired) electrons. The van der Waals surface area contributed by atoms with Gasteiger partial charge < -0.3 is 15.2 Å². The van der Waals surface area contributed by atoms with Crippen LogP contribution in [0.2, 0.25) is 0 Å². The van der Waals surface area contributed by atoms with E-state index in [0.717, 1.165) is 48.8 Å². The van der Waals surface area contributed by atoms with Gasteiger partial charge in [-0.25, -0.2) is 4.79 Å². The Morgan fingerprint density at radius 2 is 1.74 bits per heavy atom. The van der Waals surface area contributed by atoms with E-state index in [9.17, 15) is 27.9 Å². The first-order valence-corrected chi connectivity index (χ1v) is 11.5. The van der Waals surface area contributed by atoms with Gasteiger partial charge in [0, 0.05) is 5.39 Å². The zero-order chi connectivity index (χ0) is 25.2. The molecule has 1 amide bonds. The van der Waals surface area contributed by atoms with Crippen molar-refractivity contribution in [2.24, 2.45) is 5.92 Å². The number of carbonyl (C=O) groups excluding carboxylic acids is 1. The van der Waals surface area contributed by atoms with E-state index in [4.69, 9.17) is 4.74 Å². The van der Waals surface area contributed by atoms with Crippen LogP contribution < -0.4 is 10.1 Å². The third-order valence-electron chi connectivity index (χ3n) is 6.46. The zero-order valence-corrected chi connectivity index (χ0v) is 19.2. The molecule has 0 heterocycles. The zero-order valence-electron chi connectivity index (χ0n) is 19.2. The fraction of sp³-hybridized carbons (Fsp3) is 0.333. The molecule has 3 aromatic rings. The number of alkyl halides is 3. The monoisotopic (exact) mass is 485 g/mol. The molecule has 1 fully saturated rings. The maximum absolute atomic E-state index is 13.2. The molecule has 0 unspecified atom stereocenters. The summed E-state index contributed by atoms with van der Waals surface area (Å²) in [5.41, 5.74) is 0.935. The Hall–Kier alpha value is -3.55. The van der Waals surface area contributed by atoms with E-state index >= 15 is 0 Å². The number of carboxylic acid groups (broad SMARTS) is 1. The van der Waals surface area contributed by atoms with E-state index < -0.39 is 29.7 Å². The van der Waals surface area contributed by atoms with Gasteiger partial charge in [-0.1, -0.05) is 54.8 Å². The summed E-state index contributed by atoms with van der Waals surface area (Å²) in [5, 5.41) is 13.9. The van der Waals surface area contributed by atoms with Gasteiger partial charge in [-0.05, 0) is 54.8 Å². The van der Waals surface area contributed by atoms with Crippen molar-refractivity contribution in [1.29, 1.82) is 0 Å². The summed E-state index contributed by atoms with van der Waals surface area (Å²) in [5.74, 6) is -1.50. The molecular weight excluding hydrogens is 459 g/mol. The highest BCUT2D eigenvalue weighted by molar-refractivity contribution is 6.05. The molecule has 0 aromatic heterocycles. The molecule has 4 rings (SSSR count). The maximum atomic E-state index is 13.2. The molecule has 1 aliphatic rings. The van der Waals surface area contributed by atoms with Crippen LogP contribution in [0.4, 0.5) is 13.2 Å². The molecule has 0 bridgehead atoms. The van der Waals surface area contributed by atoms with Crippen LogP contribution in [0, 0.1) is 12.8 Å². The highest BCUT2D eigenvalue weighted by Gasteiger charge is 2.33. The number of halogens is 3. The highest BCUT2D eigenvalue weighted by atomic mass is 19.4. The molecule has 1 atom stereocenters. The third-order valence-corrected chi connectivity index (χ3v) is 6.46. The van der Waals surface area contributed by atoms with Crippen LogP contribution in [0.25, 0.3) is 10.8 Å². The second-order valence-electron chi connectivity index (χ2n) is 8.98. The number of carboxylic acids is 1. The van der Waals surface area contributed by atoms with Crippen molar-refractivity contribution in [3.05, 3.63) is 76.9 Å². The van der Waals surface area contributed by atoms with Gasteiger partial charge in [-0.3, -0.25) is 4.79 Å². The van der Waals surface area contributed by atoms with Gasteiger partial charge in [0.15, 0.2) is 0 Å². The van der Waals surface area contributed by atoms with Crippen LogP contribution in [-0.2, 0) is 17.6 Å². The van der Waals surface area contributed by atoms with Crippen LogP contribution in [-0.4, -0.2) is 23.0 Å². The Balaban J connectivity index is 1.64. The van der Waals surface area contributed by atoms with Gasteiger partial charge >= 0.3 is 12.1 Å². The predicted molar refractivity (Wildman–Crippen MR) is 125 cm³/mol. The summed E-state index contributed by atoms with van der Waals surface area (Å²) >= 11 is 0. The second kappa shape index (κ2) is 9.98. The SMILES string of the molecule is Cc1ccc2c(OCc3ccc(C(F)(F)F)cc3)c(C(=O)N[C@H](C(=O)O)C3CCCC3)ccc2c1. The molecule has 5 nitrogen and oxygen atoms in total. The van der Waals surface area contributed by atoms with Crippen molar-refractivity contribution in [3.63, 3.8) is 0 Å². The lowest BCUT2D eigenvalue weighted by Crippen LogP contribution is -2.45. The standard InChI is InChI=1S/C27H26F3NO4/c1-16-6-12-21-19(14-16)9-13-22(25(32)31-23(26(33)34)18-4-2-3-5-18)24(21)35-15-17-7-10-20(11-8-17)27(28,29)30/h6-14,18,23H,2-5,15H2,1H3,(H,31,32)(H,33,34)/t23-/m0/s1. The van der Waals surface area contributed by atoms with Gasteiger partial charge in [0.1, 0.15) is 18.4 Å². The Morgan fingerprint density at radius 3 is 2.37 bits per heavy atom. The van der Waals surface area contributed by atoms with Gasteiger partial charge in [0.05, 0.1) is 11.1 Å². The molecule has 0 saturated heterocycles. The largest absolute Gasteiger partial charge is 0.487 e. The van der Waals surface area contributed by atoms with Crippen molar-refractivity contribution in [3.8, 4) is 5.75 Å². The molecule has 184 valence electrons. The van der Waals surface area contributed by atoms with Crippen molar-refractivity contribution in [1.82, 2.24) is 5.32 Å². The molecule has 1 aliphatic carbocycles. The molecule has 35 heavy (non-hydrogen) atoms. The second-order valence-corrected chi connectivity index (χ2v) is 8.98. The minimum absolute atomic E-state index is 0.0591. The Kier molecular flexibility index (Phi) is 7.00. The lowest BCUT2D eigenvalue weighted by atomic mass is 9.97. The summed E-state index contributed by atoms with van der Waals surface area (Å²) in [6.07, 6.45) is -1.09. The number of rotatable bonds is 7. The van der Waals surface area contributed by atoms with E-state index in [1.807, 2.05) is 25.1 Å². The molecule has 0 aliphatic heterocycles. The van der Waals surface area contributed by atoms with Gasteiger partial charge in [-0.2, -0.15) is 13.2 Å². The number of fused-ring (bicyclic) bond motifs is 1. The quantitative estimate of drug-likeness (QED) is 0.423. The minimum atomic E-state index is -4.43. The van der Waals surface area contributed by atoms with Gasteiger partial charge in [0.25, 0.3) is 5.91 Å². The number of nitrogens with one attached hydrogen (secondary N) is 1. The number of aliphatic carboxylic acids is 1. The number of hydrogen-bond acceptors (Lipinski definition) is 3. The Bertz CT molecular complexity index is 1230. The van der Waals surface area contributed by atoms with Crippen LogP contribution in [0.5, 0.6) is 5.75 Å². The number of ether oxygens (including phenoxy) is 1. The van der Waals surface area contributed by atoms with Gasteiger partial charge in [0.2, 0.25) is 0 Å². The molecule has 3 aromatic carbocycles. The van der Waals surface area contributed by atoms with E-state index in [1.165, 1.54) is 12.1 Å². The first kappa shape index (κ1) is 24.6. The average molecular weight is 486 g/mol. The van der Waals surface area contributed by atoms with Crippen molar-refractivity contribution >= 4 is 22.6 Å². The molecule has 1 saturated carbocycles. The predicted octanol–water partition coefficient (Wildman–Crippen LogP) is 6.12. The summed E-state index contributed by atoms with van der Waals surface area (Å²) in [6, 6.07) is 12.6. The fourth-order valence-corrected chi connectivity index (χ4v) is 4.59. The molecular formula is C27H26F3NO4. The van der Waals surface area contributed by atoms with Crippen molar-refractivity contribution in [2.75, 3.05) is 0 Å². The topological polar surface area (TPSA) is 75.6 Å². The normalized spacial score (nSPS) is 15.2. The number of carbonyl (C=O) groups is 2. The van der Waals surface area contributed by atoms with Crippen LogP contribution in [0.3, 0.4) is 0 Å². The number of aryl methyl sites for hydroxylation is 1. The van der Waals surface area contributed by atoms with E-state index in [-0.39, 0.29) is 23.8 Å². The first-order valence-electron chi connectivity index (χ1n) is 11.5. The van der Waals surface area contributed by atoms with Crippen LogP contribution in [0.1, 0.15) is 52.7 Å².